The van der Waals surface area contributed by atoms with E-state index in [4.69, 9.17) is 16.3 Å². The second-order valence-electron chi connectivity index (χ2n) is 9.33. The van der Waals surface area contributed by atoms with E-state index in [9.17, 15) is 9.59 Å². The van der Waals surface area contributed by atoms with Gasteiger partial charge in [-0.3, -0.25) is 9.59 Å². The molecule has 0 N–H and O–H groups in total. The molecule has 0 aromatic rings. The van der Waals surface area contributed by atoms with E-state index >= 15 is 0 Å². The quantitative estimate of drug-likeness (QED) is 0.378. The third kappa shape index (κ3) is 2.53. The maximum absolute atomic E-state index is 11.5. The Bertz CT molecular complexity index is 708. The van der Waals surface area contributed by atoms with Crippen molar-refractivity contribution in [3.8, 4) is 0 Å². The van der Waals surface area contributed by atoms with Crippen LogP contribution in [-0.4, -0.2) is 18.4 Å². The molecule has 2 fully saturated rings. The predicted octanol–water partition coefficient (Wildman–Crippen LogP) is 5.18. The van der Waals surface area contributed by atoms with E-state index in [0.29, 0.717) is 17.8 Å². The number of fused-ring (bicyclic) bond motifs is 5. The Morgan fingerprint density at radius 3 is 2.62 bits per heavy atom. The molecule has 0 aromatic carbocycles. The van der Waals surface area contributed by atoms with Gasteiger partial charge in [0.15, 0.2) is 0 Å². The number of allylic oxidation sites excluding steroid dienone is 3. The van der Waals surface area contributed by atoms with Crippen molar-refractivity contribution in [1.29, 1.82) is 0 Å². The van der Waals surface area contributed by atoms with Gasteiger partial charge < -0.3 is 4.74 Å². The minimum absolute atomic E-state index is 0.00845. The summed E-state index contributed by atoms with van der Waals surface area (Å²) in [5.74, 6) is 1.59. The van der Waals surface area contributed by atoms with Crippen LogP contribution in [-0.2, 0) is 14.3 Å². The van der Waals surface area contributed by atoms with E-state index < -0.39 is 0 Å². The van der Waals surface area contributed by atoms with Gasteiger partial charge >= 0.3 is 5.97 Å². The molecule has 4 aliphatic carbocycles. The van der Waals surface area contributed by atoms with Crippen molar-refractivity contribution in [3.05, 3.63) is 22.3 Å². The lowest BCUT2D eigenvalue weighted by Gasteiger charge is -2.58. The fourth-order valence-electron chi connectivity index (χ4n) is 6.76. The molecule has 4 aliphatic rings. The van der Waals surface area contributed by atoms with E-state index in [1.807, 2.05) is 0 Å². The monoisotopic (exact) mass is 376 g/mol. The second kappa shape index (κ2) is 6.22. The highest BCUT2D eigenvalue weighted by molar-refractivity contribution is 6.32. The van der Waals surface area contributed by atoms with Crippen LogP contribution in [0.4, 0.5) is 0 Å². The molecule has 0 bridgehead atoms. The van der Waals surface area contributed by atoms with Gasteiger partial charge in [-0.05, 0) is 74.2 Å². The first kappa shape index (κ1) is 18.3. The van der Waals surface area contributed by atoms with Gasteiger partial charge in [-0.2, -0.15) is 0 Å². The number of carbonyl (C=O) groups is 2. The van der Waals surface area contributed by atoms with Gasteiger partial charge in [-0.25, -0.2) is 0 Å². The Morgan fingerprint density at radius 2 is 1.92 bits per heavy atom. The maximum Gasteiger partial charge on any atom is 0.303 e. The molecule has 0 heterocycles. The molecule has 0 aromatic heterocycles. The summed E-state index contributed by atoms with van der Waals surface area (Å²) in [5, 5.41) is 0.834. The molecule has 6 atom stereocenters. The average Bonchev–Trinajstić information content (AvgIpc) is 2.86. The lowest BCUT2D eigenvalue weighted by molar-refractivity contribution is -0.145. The molecule has 0 unspecified atom stereocenters. The highest BCUT2D eigenvalue weighted by Crippen LogP contribution is 2.66. The van der Waals surface area contributed by atoms with Crippen molar-refractivity contribution in [3.63, 3.8) is 0 Å². The molecule has 0 amide bonds. The van der Waals surface area contributed by atoms with Gasteiger partial charge in [0.2, 0.25) is 0 Å². The Balaban J connectivity index is 1.62. The normalized spacial score (nSPS) is 44.5. The molecule has 3 nitrogen and oxygen atoms in total. The van der Waals surface area contributed by atoms with Crippen LogP contribution < -0.4 is 0 Å². The van der Waals surface area contributed by atoms with Gasteiger partial charge in [-0.1, -0.05) is 31.0 Å². The Labute approximate surface area is 161 Å². The number of hydrogen-bond donors (Lipinski definition) is 0. The first-order valence-electron chi connectivity index (χ1n) is 10.0. The topological polar surface area (TPSA) is 43.4 Å². The molecule has 0 radical (unpaired) electrons. The summed E-state index contributed by atoms with van der Waals surface area (Å²) in [6.45, 7) is 6.19. The van der Waals surface area contributed by atoms with E-state index in [2.05, 4.69) is 19.9 Å². The molecule has 0 saturated heterocycles. The maximum atomic E-state index is 11.5. The van der Waals surface area contributed by atoms with Crippen molar-refractivity contribution >= 4 is 23.9 Å². The van der Waals surface area contributed by atoms with Gasteiger partial charge in [0.05, 0.1) is 0 Å². The third-order valence-electron chi connectivity index (χ3n) is 8.14. The Hall–Kier alpha value is -1.09. The van der Waals surface area contributed by atoms with E-state index in [1.54, 1.807) is 0 Å². The van der Waals surface area contributed by atoms with Crippen LogP contribution >= 0.6 is 11.6 Å². The molecular formula is C22H29ClO3. The number of ether oxygens (including phenoxy) is 1. The van der Waals surface area contributed by atoms with Crippen LogP contribution in [0.25, 0.3) is 0 Å². The van der Waals surface area contributed by atoms with Crippen molar-refractivity contribution in [2.24, 2.45) is 28.6 Å². The number of halogens is 1. The standard InChI is InChI=1S/C22H29ClO3/c1-13(25)26-16-6-8-21(2)15(11-16)4-5-17-18(21)7-9-22(3)19(17)10-14(12-24)20(22)23/h11-12,16-19H,4-10H2,1-3H3/t16-,17+,18-,19-,21-,22-/m0/s1. The lowest BCUT2D eigenvalue weighted by Crippen LogP contribution is -2.50. The molecule has 4 heteroatoms. The number of aldehydes is 1. The number of rotatable bonds is 2. The summed E-state index contributed by atoms with van der Waals surface area (Å²) in [5.41, 5.74) is 2.53. The molecule has 0 spiro atoms. The van der Waals surface area contributed by atoms with Crippen molar-refractivity contribution in [2.45, 2.75) is 71.8 Å². The van der Waals surface area contributed by atoms with Crippen LogP contribution in [0.3, 0.4) is 0 Å². The lowest BCUT2D eigenvalue weighted by atomic mass is 9.47. The van der Waals surface area contributed by atoms with Crippen LogP contribution in [0.5, 0.6) is 0 Å². The molecule has 0 aliphatic heterocycles. The van der Waals surface area contributed by atoms with Gasteiger partial charge in [0.25, 0.3) is 0 Å². The first-order valence-corrected chi connectivity index (χ1v) is 10.4. The van der Waals surface area contributed by atoms with Crippen LogP contribution in [0.1, 0.15) is 65.7 Å². The highest BCUT2D eigenvalue weighted by atomic mass is 35.5. The molecular weight excluding hydrogens is 348 g/mol. The SMILES string of the molecule is CC(=O)O[C@@H]1C=C2CC[C@@H]3[C@H](CC[C@]4(C)C(Cl)=C(C=O)C[C@@H]34)[C@@]2(C)CC1. The summed E-state index contributed by atoms with van der Waals surface area (Å²) >= 11 is 6.65. The first-order chi connectivity index (χ1) is 12.3. The largest absolute Gasteiger partial charge is 0.458 e. The van der Waals surface area contributed by atoms with Crippen LogP contribution in [0.15, 0.2) is 22.3 Å². The van der Waals surface area contributed by atoms with Gasteiger partial charge in [0, 0.05) is 22.9 Å². The zero-order valence-corrected chi connectivity index (χ0v) is 16.8. The Kier molecular flexibility index (Phi) is 4.38. The van der Waals surface area contributed by atoms with Crippen LogP contribution in [0, 0.1) is 28.6 Å². The molecule has 2 saturated carbocycles. The number of carbonyl (C=O) groups excluding carboxylic acids is 2. The van der Waals surface area contributed by atoms with E-state index in [0.717, 1.165) is 55.4 Å². The van der Waals surface area contributed by atoms with Gasteiger partial charge in [-0.15, -0.1) is 0 Å². The van der Waals surface area contributed by atoms with Crippen LogP contribution in [0.2, 0.25) is 0 Å². The van der Waals surface area contributed by atoms with E-state index in [1.165, 1.54) is 18.9 Å². The summed E-state index contributed by atoms with van der Waals surface area (Å²) in [6.07, 6.45) is 10.5. The minimum Gasteiger partial charge on any atom is -0.458 e. The van der Waals surface area contributed by atoms with Crippen molar-refractivity contribution < 1.29 is 14.3 Å². The fraction of sp³-hybridized carbons (Fsp3) is 0.727. The second-order valence-corrected chi connectivity index (χ2v) is 9.71. The Morgan fingerprint density at radius 1 is 1.19 bits per heavy atom. The van der Waals surface area contributed by atoms with E-state index in [-0.39, 0.29) is 22.9 Å². The summed E-state index contributed by atoms with van der Waals surface area (Å²) in [7, 11) is 0. The molecule has 26 heavy (non-hydrogen) atoms. The fourth-order valence-corrected chi connectivity index (χ4v) is 7.12. The highest BCUT2D eigenvalue weighted by Gasteiger charge is 2.58. The van der Waals surface area contributed by atoms with Gasteiger partial charge in [0.1, 0.15) is 12.4 Å². The zero-order chi connectivity index (χ0) is 18.7. The van der Waals surface area contributed by atoms with Crippen molar-refractivity contribution in [2.75, 3.05) is 0 Å². The third-order valence-corrected chi connectivity index (χ3v) is 8.82. The minimum atomic E-state index is -0.189. The number of hydrogen-bond acceptors (Lipinski definition) is 3. The summed E-state index contributed by atoms with van der Waals surface area (Å²) in [6, 6.07) is 0. The summed E-state index contributed by atoms with van der Waals surface area (Å²) < 4.78 is 5.47. The smallest absolute Gasteiger partial charge is 0.303 e. The number of esters is 1. The summed E-state index contributed by atoms with van der Waals surface area (Å²) in [4.78, 5) is 22.8. The average molecular weight is 377 g/mol. The van der Waals surface area contributed by atoms with Crippen molar-refractivity contribution in [1.82, 2.24) is 0 Å². The molecule has 142 valence electrons. The zero-order valence-electron chi connectivity index (χ0n) is 16.0. The molecule has 4 rings (SSSR count). The predicted molar refractivity (Wildman–Crippen MR) is 102 cm³/mol.